The third-order valence-electron chi connectivity index (χ3n) is 4.38. The van der Waals surface area contributed by atoms with E-state index in [0.717, 1.165) is 6.42 Å². The Morgan fingerprint density at radius 1 is 1.28 bits per heavy atom. The first kappa shape index (κ1) is 17.6. The highest BCUT2D eigenvalue weighted by atomic mass is 32.1. The van der Waals surface area contributed by atoms with Crippen molar-refractivity contribution in [3.05, 3.63) is 47.0 Å². The van der Waals surface area contributed by atoms with Crippen LogP contribution in [0.2, 0.25) is 0 Å². The molecule has 2 heterocycles. The topological polar surface area (TPSA) is 53.5 Å². The summed E-state index contributed by atoms with van der Waals surface area (Å²) < 4.78 is 0. The molecule has 0 spiro atoms. The summed E-state index contributed by atoms with van der Waals surface area (Å²) in [5.74, 6) is -0.0347. The van der Waals surface area contributed by atoms with Gasteiger partial charge in [0.25, 0.3) is 5.91 Å². The van der Waals surface area contributed by atoms with Gasteiger partial charge in [0.1, 0.15) is 6.67 Å². The van der Waals surface area contributed by atoms with E-state index in [0.29, 0.717) is 23.7 Å². The molecule has 1 aliphatic heterocycles. The van der Waals surface area contributed by atoms with Gasteiger partial charge in [0.15, 0.2) is 5.13 Å². The highest BCUT2D eigenvalue weighted by Crippen LogP contribution is 2.25. The number of nitrogens with zero attached hydrogens (tertiary/aromatic N) is 3. The lowest BCUT2D eigenvalue weighted by Gasteiger charge is -2.26. The summed E-state index contributed by atoms with van der Waals surface area (Å²) in [4.78, 5) is 32.6. The highest BCUT2D eigenvalue weighted by Gasteiger charge is 2.27. The smallest absolute Gasteiger partial charge is 0.261 e. The van der Waals surface area contributed by atoms with Crippen LogP contribution >= 0.6 is 11.3 Å². The molecule has 1 aliphatic rings. The van der Waals surface area contributed by atoms with E-state index in [9.17, 15) is 9.59 Å². The second-order valence-electron chi connectivity index (χ2n) is 7.28. The zero-order valence-electron chi connectivity index (χ0n) is 14.9. The van der Waals surface area contributed by atoms with Crippen LogP contribution in [0, 0.1) is 0 Å². The number of likely N-dealkylation sites (tertiary alicyclic amines) is 1. The number of aromatic nitrogens is 1. The number of hydrogen-bond acceptors (Lipinski definition) is 4. The third kappa shape index (κ3) is 3.90. The summed E-state index contributed by atoms with van der Waals surface area (Å²) in [5.41, 5.74) is 1.83. The van der Waals surface area contributed by atoms with Gasteiger partial charge in [-0.15, -0.1) is 11.3 Å². The molecule has 5 nitrogen and oxygen atoms in total. The number of rotatable bonds is 4. The maximum atomic E-state index is 13.1. The molecule has 2 amide bonds. The molecule has 0 saturated carbocycles. The van der Waals surface area contributed by atoms with Crippen LogP contribution in [-0.2, 0) is 10.2 Å². The Bertz CT molecular complexity index is 748. The van der Waals surface area contributed by atoms with Gasteiger partial charge in [-0.25, -0.2) is 4.98 Å². The Morgan fingerprint density at radius 2 is 2.00 bits per heavy atom. The number of anilines is 1. The van der Waals surface area contributed by atoms with Crippen LogP contribution in [0.15, 0.2) is 35.8 Å². The van der Waals surface area contributed by atoms with Crippen LogP contribution in [0.4, 0.5) is 5.13 Å². The molecule has 2 aromatic rings. The predicted molar refractivity (Wildman–Crippen MR) is 99.9 cm³/mol. The molecule has 0 unspecified atom stereocenters. The quantitative estimate of drug-likeness (QED) is 0.839. The monoisotopic (exact) mass is 357 g/mol. The molecule has 0 atom stereocenters. The number of thiazole rings is 1. The Balaban J connectivity index is 1.85. The molecule has 1 fully saturated rings. The fourth-order valence-electron chi connectivity index (χ4n) is 2.85. The van der Waals surface area contributed by atoms with E-state index < -0.39 is 0 Å². The summed E-state index contributed by atoms with van der Waals surface area (Å²) in [6.07, 6.45) is 3.08. The minimum atomic E-state index is -0.130. The lowest BCUT2D eigenvalue weighted by Crippen LogP contribution is -2.42. The molecular weight excluding hydrogens is 334 g/mol. The lowest BCUT2D eigenvalue weighted by atomic mass is 9.86. The zero-order chi connectivity index (χ0) is 18.0. The second kappa shape index (κ2) is 6.96. The Labute approximate surface area is 152 Å². The van der Waals surface area contributed by atoms with Crippen LogP contribution in [0.1, 0.15) is 49.5 Å². The first-order valence-corrected chi connectivity index (χ1v) is 9.34. The van der Waals surface area contributed by atoms with E-state index in [1.54, 1.807) is 16.0 Å². The SMILES string of the molecule is CC(C)(C)c1ccc(C(=O)N(CN2CCCC2=O)c2nccs2)cc1. The number of amides is 2. The van der Waals surface area contributed by atoms with E-state index in [4.69, 9.17) is 0 Å². The van der Waals surface area contributed by atoms with Gasteiger partial charge in [0.2, 0.25) is 5.91 Å². The number of benzene rings is 1. The summed E-state index contributed by atoms with van der Waals surface area (Å²) in [7, 11) is 0. The van der Waals surface area contributed by atoms with Crippen LogP contribution in [-0.4, -0.2) is 34.9 Å². The van der Waals surface area contributed by atoms with Crippen LogP contribution < -0.4 is 4.90 Å². The van der Waals surface area contributed by atoms with E-state index in [1.807, 2.05) is 29.6 Å². The number of carbonyl (C=O) groups is 2. The fourth-order valence-corrected chi connectivity index (χ4v) is 3.49. The van der Waals surface area contributed by atoms with Crippen LogP contribution in [0.3, 0.4) is 0 Å². The van der Waals surface area contributed by atoms with E-state index in [1.165, 1.54) is 16.9 Å². The first-order valence-electron chi connectivity index (χ1n) is 8.46. The Hall–Kier alpha value is -2.21. The van der Waals surface area contributed by atoms with Crippen molar-refractivity contribution in [1.82, 2.24) is 9.88 Å². The van der Waals surface area contributed by atoms with Crippen molar-refractivity contribution in [1.29, 1.82) is 0 Å². The van der Waals surface area contributed by atoms with Gasteiger partial charge in [-0.3, -0.25) is 14.5 Å². The summed E-state index contributed by atoms with van der Waals surface area (Å²) in [6.45, 7) is 7.38. The third-order valence-corrected chi connectivity index (χ3v) is 5.17. The van der Waals surface area contributed by atoms with Crippen molar-refractivity contribution in [3.8, 4) is 0 Å². The van der Waals surface area contributed by atoms with E-state index >= 15 is 0 Å². The molecule has 132 valence electrons. The van der Waals surface area contributed by atoms with Gasteiger partial charge >= 0.3 is 0 Å². The van der Waals surface area contributed by atoms with Crippen molar-refractivity contribution in [3.63, 3.8) is 0 Å². The largest absolute Gasteiger partial charge is 0.324 e. The van der Waals surface area contributed by atoms with Crippen molar-refractivity contribution < 1.29 is 9.59 Å². The number of carbonyl (C=O) groups excluding carboxylic acids is 2. The van der Waals surface area contributed by atoms with Crippen LogP contribution in [0.5, 0.6) is 0 Å². The Morgan fingerprint density at radius 3 is 2.52 bits per heavy atom. The molecule has 0 bridgehead atoms. The maximum Gasteiger partial charge on any atom is 0.261 e. The average molecular weight is 357 g/mol. The van der Waals surface area contributed by atoms with Crippen molar-refractivity contribution in [2.75, 3.05) is 18.1 Å². The molecule has 25 heavy (non-hydrogen) atoms. The van der Waals surface area contributed by atoms with Crippen molar-refractivity contribution in [2.24, 2.45) is 0 Å². The maximum absolute atomic E-state index is 13.1. The summed E-state index contributed by atoms with van der Waals surface area (Å²) in [6, 6.07) is 7.70. The highest BCUT2D eigenvalue weighted by molar-refractivity contribution is 7.13. The molecule has 6 heteroatoms. The van der Waals surface area contributed by atoms with Crippen LogP contribution in [0.25, 0.3) is 0 Å². The Kier molecular flexibility index (Phi) is 4.90. The van der Waals surface area contributed by atoms with E-state index in [-0.39, 0.29) is 23.9 Å². The fraction of sp³-hybridized carbons (Fsp3) is 0.421. The normalized spacial score (nSPS) is 14.8. The van der Waals surface area contributed by atoms with Gasteiger partial charge in [0.05, 0.1) is 0 Å². The molecular formula is C19H23N3O2S. The molecule has 3 rings (SSSR count). The van der Waals surface area contributed by atoms with Gasteiger partial charge in [-0.05, 0) is 29.5 Å². The summed E-state index contributed by atoms with van der Waals surface area (Å²) in [5, 5.41) is 2.45. The average Bonchev–Trinajstić information content (AvgIpc) is 3.23. The summed E-state index contributed by atoms with van der Waals surface area (Å²) >= 11 is 1.40. The lowest BCUT2D eigenvalue weighted by molar-refractivity contribution is -0.127. The molecule has 0 aliphatic carbocycles. The van der Waals surface area contributed by atoms with Crippen molar-refractivity contribution in [2.45, 2.75) is 39.0 Å². The first-order chi connectivity index (χ1) is 11.9. The molecule has 0 radical (unpaired) electrons. The van der Waals surface area contributed by atoms with Gasteiger partial charge in [-0.1, -0.05) is 32.9 Å². The standard InChI is InChI=1S/C19H23N3O2S/c1-19(2,3)15-8-6-14(7-9-15)17(24)22(18-20-10-12-25-18)13-21-11-4-5-16(21)23/h6-10,12H,4-5,11,13H2,1-3H3. The minimum absolute atomic E-state index is 0.0402. The molecule has 0 N–H and O–H groups in total. The van der Waals surface area contributed by atoms with Gasteiger partial charge < -0.3 is 4.90 Å². The van der Waals surface area contributed by atoms with Gasteiger partial charge in [-0.2, -0.15) is 0 Å². The molecule has 1 aromatic heterocycles. The molecule has 1 aromatic carbocycles. The van der Waals surface area contributed by atoms with Gasteiger partial charge in [0, 0.05) is 30.1 Å². The predicted octanol–water partition coefficient (Wildman–Crippen LogP) is 3.67. The van der Waals surface area contributed by atoms with E-state index in [2.05, 4.69) is 25.8 Å². The zero-order valence-corrected chi connectivity index (χ0v) is 15.7. The second-order valence-corrected chi connectivity index (χ2v) is 8.15. The minimum Gasteiger partial charge on any atom is -0.324 e. The van der Waals surface area contributed by atoms with Crippen molar-refractivity contribution >= 4 is 28.3 Å². The number of hydrogen-bond donors (Lipinski definition) is 0. The molecule has 1 saturated heterocycles.